The summed E-state index contributed by atoms with van der Waals surface area (Å²) in [6.45, 7) is 1.49. The number of rotatable bonds is 12. The smallest absolute Gasteiger partial charge is 0.264 e. The molecule has 2 amide bonds. The van der Waals surface area contributed by atoms with Crippen LogP contribution in [0.1, 0.15) is 18.1 Å². The molecule has 0 aromatic heterocycles. The maximum absolute atomic E-state index is 14.2. The molecule has 42 heavy (non-hydrogen) atoms. The predicted molar refractivity (Wildman–Crippen MR) is 162 cm³/mol. The van der Waals surface area contributed by atoms with Crippen molar-refractivity contribution in [3.63, 3.8) is 0 Å². The van der Waals surface area contributed by atoms with Gasteiger partial charge >= 0.3 is 0 Å². The average Bonchev–Trinajstić information content (AvgIpc) is 2.99. The molecule has 0 spiro atoms. The summed E-state index contributed by atoms with van der Waals surface area (Å²) < 4.78 is 42.5. The number of hydrogen-bond acceptors (Lipinski definition) is 4. The van der Waals surface area contributed by atoms with E-state index in [0.717, 1.165) is 9.87 Å². The highest BCUT2D eigenvalue weighted by Gasteiger charge is 2.34. The van der Waals surface area contributed by atoms with Crippen LogP contribution in [0.25, 0.3) is 0 Å². The van der Waals surface area contributed by atoms with E-state index in [1.54, 1.807) is 37.3 Å². The number of halogens is 2. The standard InChI is InChI=1S/C32H31ClFN3O4S/c1-2-35-32(39)30(21-24-9-5-3-6-10-24)36(22-25-13-17-27(34)18-14-25)31(38)23-37(28-11-7-4-8-12-28)42(40,41)29-19-15-26(33)16-20-29/h3-20,30H,2,21-23H2,1H3,(H,35,39)/t30-/m1/s1. The molecule has 4 rings (SSSR count). The van der Waals surface area contributed by atoms with Crippen molar-refractivity contribution in [2.75, 3.05) is 17.4 Å². The SMILES string of the molecule is CCNC(=O)[C@@H](Cc1ccccc1)N(Cc1ccc(F)cc1)C(=O)CN(c1ccccc1)S(=O)(=O)c1ccc(Cl)cc1. The zero-order chi connectivity index (χ0) is 30.1. The average molecular weight is 608 g/mol. The summed E-state index contributed by atoms with van der Waals surface area (Å²) in [5.74, 6) is -1.43. The van der Waals surface area contributed by atoms with Crippen LogP contribution in [-0.4, -0.2) is 44.3 Å². The van der Waals surface area contributed by atoms with Crippen molar-refractivity contribution < 1.29 is 22.4 Å². The van der Waals surface area contributed by atoms with E-state index in [4.69, 9.17) is 11.6 Å². The molecule has 218 valence electrons. The van der Waals surface area contributed by atoms with E-state index in [-0.39, 0.29) is 29.5 Å². The minimum atomic E-state index is -4.22. The first-order valence-electron chi connectivity index (χ1n) is 13.4. The van der Waals surface area contributed by atoms with E-state index < -0.39 is 34.3 Å². The molecule has 4 aromatic carbocycles. The number of hydrogen-bond donors (Lipinski definition) is 1. The number of sulfonamides is 1. The fourth-order valence-electron chi connectivity index (χ4n) is 4.49. The van der Waals surface area contributed by atoms with Gasteiger partial charge in [0.1, 0.15) is 18.4 Å². The Hall–Kier alpha value is -4.21. The molecule has 0 saturated carbocycles. The molecule has 0 radical (unpaired) electrons. The van der Waals surface area contributed by atoms with E-state index in [1.807, 2.05) is 30.3 Å². The van der Waals surface area contributed by atoms with Crippen molar-refractivity contribution in [3.8, 4) is 0 Å². The minimum Gasteiger partial charge on any atom is -0.355 e. The van der Waals surface area contributed by atoms with Gasteiger partial charge in [-0.2, -0.15) is 0 Å². The first-order chi connectivity index (χ1) is 20.2. The third kappa shape index (κ3) is 7.74. The number of benzene rings is 4. The molecule has 0 aliphatic carbocycles. The molecular formula is C32H31ClFN3O4S. The Balaban J connectivity index is 1.77. The Morgan fingerprint density at radius 1 is 0.833 bits per heavy atom. The molecule has 1 N–H and O–H groups in total. The van der Waals surface area contributed by atoms with Gasteiger partial charge in [-0.1, -0.05) is 72.3 Å². The summed E-state index contributed by atoms with van der Waals surface area (Å²) in [5.41, 5.74) is 1.68. The van der Waals surface area contributed by atoms with Gasteiger partial charge in [-0.25, -0.2) is 12.8 Å². The summed E-state index contributed by atoms with van der Waals surface area (Å²) in [6.07, 6.45) is 0.189. The third-order valence-electron chi connectivity index (χ3n) is 6.61. The van der Waals surface area contributed by atoms with Gasteiger partial charge in [-0.15, -0.1) is 0 Å². The van der Waals surface area contributed by atoms with Crippen molar-refractivity contribution in [2.45, 2.75) is 30.8 Å². The highest BCUT2D eigenvalue weighted by molar-refractivity contribution is 7.92. The minimum absolute atomic E-state index is 0.0433. The van der Waals surface area contributed by atoms with Crippen LogP contribution in [0.15, 0.2) is 114 Å². The number of carbonyl (C=O) groups excluding carboxylic acids is 2. The van der Waals surface area contributed by atoms with Gasteiger partial charge < -0.3 is 10.2 Å². The van der Waals surface area contributed by atoms with E-state index in [0.29, 0.717) is 17.1 Å². The Morgan fingerprint density at radius 2 is 1.43 bits per heavy atom. The van der Waals surface area contributed by atoms with Crippen LogP contribution in [0, 0.1) is 5.82 Å². The summed E-state index contributed by atoms with van der Waals surface area (Å²) in [7, 11) is -4.22. The number of para-hydroxylation sites is 1. The maximum atomic E-state index is 14.2. The Kier molecular flexibility index (Phi) is 10.3. The lowest BCUT2D eigenvalue weighted by Gasteiger charge is -2.33. The summed E-state index contributed by atoms with van der Waals surface area (Å²) >= 11 is 6.00. The number of amides is 2. The molecule has 0 aliphatic heterocycles. The number of anilines is 1. The topological polar surface area (TPSA) is 86.8 Å². The first kappa shape index (κ1) is 30.7. The van der Waals surface area contributed by atoms with E-state index >= 15 is 0 Å². The molecule has 0 unspecified atom stereocenters. The predicted octanol–water partition coefficient (Wildman–Crippen LogP) is 5.45. The van der Waals surface area contributed by atoms with Crippen molar-refractivity contribution in [1.82, 2.24) is 10.2 Å². The molecule has 1 atom stereocenters. The van der Waals surface area contributed by atoms with Crippen LogP contribution < -0.4 is 9.62 Å². The van der Waals surface area contributed by atoms with E-state index in [2.05, 4.69) is 5.32 Å². The van der Waals surface area contributed by atoms with Gasteiger partial charge in [0, 0.05) is 24.5 Å². The summed E-state index contributed by atoms with van der Waals surface area (Å²) in [5, 5.41) is 3.17. The monoisotopic (exact) mass is 607 g/mol. The zero-order valence-corrected chi connectivity index (χ0v) is 24.6. The fourth-order valence-corrected chi connectivity index (χ4v) is 6.03. The Bertz CT molecular complexity index is 1590. The van der Waals surface area contributed by atoms with Crippen molar-refractivity contribution in [2.24, 2.45) is 0 Å². The normalized spacial score (nSPS) is 11.9. The second-order valence-corrected chi connectivity index (χ2v) is 11.8. The van der Waals surface area contributed by atoms with Crippen LogP contribution in [0.2, 0.25) is 5.02 Å². The van der Waals surface area contributed by atoms with Gasteiger partial charge in [0.15, 0.2) is 0 Å². The largest absolute Gasteiger partial charge is 0.355 e. The van der Waals surface area contributed by atoms with Crippen LogP contribution in [0.5, 0.6) is 0 Å². The molecule has 0 saturated heterocycles. The quantitative estimate of drug-likeness (QED) is 0.232. The molecule has 0 aliphatic rings. The van der Waals surface area contributed by atoms with E-state index in [1.165, 1.54) is 53.4 Å². The molecule has 0 bridgehead atoms. The number of likely N-dealkylation sites (N-methyl/N-ethyl adjacent to an activating group) is 1. The molecule has 4 aromatic rings. The third-order valence-corrected chi connectivity index (χ3v) is 8.65. The Morgan fingerprint density at radius 3 is 2.02 bits per heavy atom. The van der Waals surface area contributed by atoms with Gasteiger partial charge in [0.25, 0.3) is 10.0 Å². The lowest BCUT2D eigenvalue weighted by Crippen LogP contribution is -2.53. The highest BCUT2D eigenvalue weighted by atomic mass is 35.5. The second kappa shape index (κ2) is 14.1. The number of carbonyl (C=O) groups is 2. The van der Waals surface area contributed by atoms with Crippen LogP contribution in [0.3, 0.4) is 0 Å². The second-order valence-electron chi connectivity index (χ2n) is 9.55. The fraction of sp³-hybridized carbons (Fsp3) is 0.188. The van der Waals surface area contributed by atoms with Gasteiger partial charge in [0.2, 0.25) is 11.8 Å². The van der Waals surface area contributed by atoms with Gasteiger partial charge in [0.05, 0.1) is 10.6 Å². The summed E-state index contributed by atoms with van der Waals surface area (Å²) in [6, 6.07) is 27.8. The Labute approximate surface area is 250 Å². The first-order valence-corrected chi connectivity index (χ1v) is 15.2. The molecule has 10 heteroatoms. The van der Waals surface area contributed by atoms with Crippen LogP contribution >= 0.6 is 11.6 Å². The molecule has 7 nitrogen and oxygen atoms in total. The summed E-state index contributed by atoms with van der Waals surface area (Å²) in [4.78, 5) is 29.0. The van der Waals surface area contributed by atoms with Crippen molar-refractivity contribution >= 4 is 39.1 Å². The lowest BCUT2D eigenvalue weighted by atomic mass is 10.0. The maximum Gasteiger partial charge on any atom is 0.264 e. The lowest BCUT2D eigenvalue weighted by molar-refractivity contribution is -0.140. The van der Waals surface area contributed by atoms with Gasteiger partial charge in [-0.3, -0.25) is 13.9 Å². The van der Waals surface area contributed by atoms with Gasteiger partial charge in [-0.05, 0) is 66.6 Å². The molecular weight excluding hydrogens is 577 g/mol. The molecule has 0 heterocycles. The highest BCUT2D eigenvalue weighted by Crippen LogP contribution is 2.26. The van der Waals surface area contributed by atoms with Crippen molar-refractivity contribution in [1.29, 1.82) is 0 Å². The van der Waals surface area contributed by atoms with E-state index in [9.17, 15) is 22.4 Å². The van der Waals surface area contributed by atoms with Crippen LogP contribution in [0.4, 0.5) is 10.1 Å². The molecule has 0 fully saturated rings. The van der Waals surface area contributed by atoms with Crippen LogP contribution in [-0.2, 0) is 32.6 Å². The number of nitrogens with zero attached hydrogens (tertiary/aromatic N) is 2. The zero-order valence-electron chi connectivity index (χ0n) is 23.0. The number of nitrogens with one attached hydrogen (secondary N) is 1. The van der Waals surface area contributed by atoms with Crippen molar-refractivity contribution in [3.05, 3.63) is 131 Å².